The van der Waals surface area contributed by atoms with E-state index in [0.717, 1.165) is 19.3 Å². The van der Waals surface area contributed by atoms with E-state index in [1.165, 1.54) is 109 Å². The van der Waals surface area contributed by atoms with E-state index in [4.69, 9.17) is 9.47 Å². The molecule has 1 aromatic carbocycles. The molecule has 4 heteroatoms. The molecule has 4 nitrogen and oxygen atoms in total. The van der Waals surface area contributed by atoms with Crippen LogP contribution in [0.2, 0.25) is 0 Å². The number of hydrogen-bond acceptors (Lipinski definition) is 3. The molecule has 0 radical (unpaired) electrons. The molecule has 35 heavy (non-hydrogen) atoms. The highest BCUT2D eigenvalue weighted by molar-refractivity contribution is 5.88. The quantitative estimate of drug-likeness (QED) is 0.139. The minimum absolute atomic E-state index is 0.245. The van der Waals surface area contributed by atoms with Crippen LogP contribution in [-0.2, 0) is 0 Å². The average molecular weight is 491 g/mol. The fraction of sp³-hybridized carbons (Fsp3) is 0.774. The molecule has 0 aliphatic carbocycles. The average Bonchev–Trinajstić information content (AvgIpc) is 2.86. The number of carbonyl (C=O) groups is 1. The van der Waals surface area contributed by atoms with Crippen molar-refractivity contribution in [2.24, 2.45) is 0 Å². The number of aromatic carboxylic acids is 1. The Balaban J connectivity index is 2.21. The van der Waals surface area contributed by atoms with Gasteiger partial charge in [-0.05, 0) is 31.0 Å². The maximum atomic E-state index is 11.4. The Kier molecular flexibility index (Phi) is 20.3. The number of carboxylic acid groups (broad SMARTS) is 1. The molecule has 1 aromatic rings. The summed E-state index contributed by atoms with van der Waals surface area (Å²) in [6.45, 7) is 5.77. The fourth-order valence-corrected chi connectivity index (χ4v) is 4.42. The van der Waals surface area contributed by atoms with Crippen molar-refractivity contribution in [3.63, 3.8) is 0 Å². The van der Waals surface area contributed by atoms with Crippen LogP contribution in [0.15, 0.2) is 18.2 Å². The lowest BCUT2D eigenvalue weighted by Gasteiger charge is -2.14. The summed E-state index contributed by atoms with van der Waals surface area (Å²) in [6.07, 6.45) is 25.7. The predicted octanol–water partition coefficient (Wildman–Crippen LogP) is 9.98. The molecule has 1 rings (SSSR count). The Bertz CT molecular complexity index is 628. The third-order valence-corrected chi connectivity index (χ3v) is 6.70. The van der Waals surface area contributed by atoms with E-state index in [1.807, 2.05) is 0 Å². The second-order valence-electron chi connectivity index (χ2n) is 10.0. The van der Waals surface area contributed by atoms with E-state index in [9.17, 15) is 9.90 Å². The van der Waals surface area contributed by atoms with E-state index in [-0.39, 0.29) is 5.56 Å². The Hall–Kier alpha value is -1.71. The highest BCUT2D eigenvalue weighted by Crippen LogP contribution is 2.29. The first kappa shape index (κ1) is 31.3. The highest BCUT2D eigenvalue weighted by Gasteiger charge is 2.11. The van der Waals surface area contributed by atoms with Gasteiger partial charge in [0.25, 0.3) is 0 Å². The van der Waals surface area contributed by atoms with Crippen molar-refractivity contribution in [3.05, 3.63) is 23.8 Å². The zero-order chi connectivity index (χ0) is 25.4. The van der Waals surface area contributed by atoms with Gasteiger partial charge in [0.2, 0.25) is 0 Å². The van der Waals surface area contributed by atoms with Gasteiger partial charge in [-0.15, -0.1) is 0 Å². The highest BCUT2D eigenvalue weighted by atomic mass is 16.5. The van der Waals surface area contributed by atoms with E-state index in [0.29, 0.717) is 24.7 Å². The second-order valence-corrected chi connectivity index (χ2v) is 10.0. The molecular formula is C31H54O4. The van der Waals surface area contributed by atoms with Gasteiger partial charge in [0.05, 0.1) is 18.8 Å². The van der Waals surface area contributed by atoms with Crippen molar-refractivity contribution < 1.29 is 19.4 Å². The van der Waals surface area contributed by atoms with Crippen LogP contribution in [0, 0.1) is 0 Å². The Morgan fingerprint density at radius 1 is 0.571 bits per heavy atom. The van der Waals surface area contributed by atoms with Crippen molar-refractivity contribution >= 4 is 5.97 Å². The van der Waals surface area contributed by atoms with Gasteiger partial charge in [-0.2, -0.15) is 0 Å². The Morgan fingerprint density at radius 2 is 0.943 bits per heavy atom. The third-order valence-electron chi connectivity index (χ3n) is 6.70. The SMILES string of the molecule is CCCCCCCCCCCCOc1ccc(C(=O)O)cc1OCCCCCCCCCCCC. The molecule has 0 fully saturated rings. The summed E-state index contributed by atoms with van der Waals surface area (Å²) in [5.74, 6) is 0.293. The van der Waals surface area contributed by atoms with Gasteiger partial charge in [0.15, 0.2) is 11.5 Å². The van der Waals surface area contributed by atoms with Crippen LogP contribution in [0.3, 0.4) is 0 Å². The summed E-state index contributed by atoms with van der Waals surface area (Å²) in [7, 11) is 0. The van der Waals surface area contributed by atoms with Crippen LogP contribution in [0.25, 0.3) is 0 Å². The summed E-state index contributed by atoms with van der Waals surface area (Å²) in [4.78, 5) is 11.4. The first-order valence-electron chi connectivity index (χ1n) is 14.8. The summed E-state index contributed by atoms with van der Waals surface area (Å²) in [6, 6.07) is 4.95. The molecule has 0 saturated carbocycles. The van der Waals surface area contributed by atoms with Crippen molar-refractivity contribution in [1.82, 2.24) is 0 Å². The number of hydrogen-bond donors (Lipinski definition) is 1. The van der Waals surface area contributed by atoms with Gasteiger partial charge in [0, 0.05) is 0 Å². The number of ether oxygens (including phenoxy) is 2. The minimum Gasteiger partial charge on any atom is -0.490 e. The summed E-state index contributed by atoms with van der Waals surface area (Å²) < 4.78 is 11.9. The summed E-state index contributed by atoms with van der Waals surface area (Å²) in [5.41, 5.74) is 0.245. The van der Waals surface area contributed by atoms with Crippen molar-refractivity contribution in [3.8, 4) is 11.5 Å². The van der Waals surface area contributed by atoms with E-state index in [1.54, 1.807) is 18.2 Å². The fourth-order valence-electron chi connectivity index (χ4n) is 4.42. The molecule has 0 saturated heterocycles. The zero-order valence-corrected chi connectivity index (χ0v) is 23.0. The van der Waals surface area contributed by atoms with Crippen LogP contribution >= 0.6 is 0 Å². The summed E-state index contributed by atoms with van der Waals surface area (Å²) in [5, 5.41) is 9.34. The molecule has 0 bridgehead atoms. The third kappa shape index (κ3) is 17.4. The molecule has 0 aromatic heterocycles. The smallest absolute Gasteiger partial charge is 0.335 e. The van der Waals surface area contributed by atoms with Crippen LogP contribution in [0.1, 0.15) is 153 Å². The normalized spacial score (nSPS) is 11.0. The lowest BCUT2D eigenvalue weighted by molar-refractivity contribution is 0.0696. The van der Waals surface area contributed by atoms with Gasteiger partial charge < -0.3 is 14.6 Å². The van der Waals surface area contributed by atoms with E-state index >= 15 is 0 Å². The monoisotopic (exact) mass is 490 g/mol. The second kappa shape index (κ2) is 22.7. The molecule has 0 atom stereocenters. The maximum absolute atomic E-state index is 11.4. The number of benzene rings is 1. The summed E-state index contributed by atoms with van der Waals surface area (Å²) >= 11 is 0. The number of unbranched alkanes of at least 4 members (excludes halogenated alkanes) is 18. The maximum Gasteiger partial charge on any atom is 0.335 e. The van der Waals surface area contributed by atoms with E-state index < -0.39 is 5.97 Å². The largest absolute Gasteiger partial charge is 0.490 e. The van der Waals surface area contributed by atoms with Gasteiger partial charge >= 0.3 is 5.97 Å². The predicted molar refractivity (Wildman–Crippen MR) is 148 cm³/mol. The molecular weight excluding hydrogens is 436 g/mol. The topological polar surface area (TPSA) is 55.8 Å². The lowest BCUT2D eigenvalue weighted by Crippen LogP contribution is -2.05. The number of rotatable bonds is 25. The molecule has 1 N–H and O–H groups in total. The molecule has 0 unspecified atom stereocenters. The Morgan fingerprint density at radius 3 is 1.34 bits per heavy atom. The van der Waals surface area contributed by atoms with Crippen LogP contribution < -0.4 is 9.47 Å². The van der Waals surface area contributed by atoms with Gasteiger partial charge in [-0.3, -0.25) is 0 Å². The van der Waals surface area contributed by atoms with Crippen molar-refractivity contribution in [2.75, 3.05) is 13.2 Å². The molecule has 0 heterocycles. The lowest BCUT2D eigenvalue weighted by atomic mass is 10.1. The van der Waals surface area contributed by atoms with Crippen LogP contribution in [0.4, 0.5) is 0 Å². The molecule has 0 aliphatic rings. The first-order valence-corrected chi connectivity index (χ1v) is 14.8. The van der Waals surface area contributed by atoms with Crippen LogP contribution in [0.5, 0.6) is 11.5 Å². The van der Waals surface area contributed by atoms with Crippen molar-refractivity contribution in [1.29, 1.82) is 0 Å². The molecule has 0 aliphatic heterocycles. The molecule has 202 valence electrons. The van der Waals surface area contributed by atoms with Gasteiger partial charge in [-0.25, -0.2) is 4.79 Å². The van der Waals surface area contributed by atoms with Gasteiger partial charge in [-0.1, -0.05) is 129 Å². The molecule has 0 spiro atoms. The standard InChI is InChI=1S/C31H54O4/c1-3-5-7-9-11-13-15-17-19-21-25-34-29-24-23-28(31(32)33)27-30(29)35-26-22-20-18-16-14-12-10-8-6-4-2/h23-24,27H,3-22,25-26H2,1-2H3,(H,32,33). The van der Waals surface area contributed by atoms with Crippen molar-refractivity contribution in [2.45, 2.75) is 142 Å². The van der Waals surface area contributed by atoms with Crippen LogP contribution in [-0.4, -0.2) is 24.3 Å². The molecule has 0 amide bonds. The number of carboxylic acids is 1. The zero-order valence-electron chi connectivity index (χ0n) is 23.0. The minimum atomic E-state index is -0.935. The van der Waals surface area contributed by atoms with E-state index in [2.05, 4.69) is 13.8 Å². The first-order chi connectivity index (χ1) is 17.2. The van der Waals surface area contributed by atoms with Gasteiger partial charge in [0.1, 0.15) is 0 Å². The Labute approximate surface area is 216 Å².